The molecule has 0 aliphatic heterocycles. The van der Waals surface area contributed by atoms with E-state index in [-0.39, 0.29) is 22.1 Å². The van der Waals surface area contributed by atoms with Crippen molar-refractivity contribution in [2.75, 3.05) is 0 Å². The molecule has 0 aromatic carbocycles. The number of hydrogen-bond acceptors (Lipinski definition) is 6. The van der Waals surface area contributed by atoms with Crippen molar-refractivity contribution in [3.63, 3.8) is 0 Å². The summed E-state index contributed by atoms with van der Waals surface area (Å²) in [6.07, 6.45) is 0. The summed E-state index contributed by atoms with van der Waals surface area (Å²) in [6.45, 7) is 0. The van der Waals surface area contributed by atoms with Crippen molar-refractivity contribution in [3.8, 4) is 0 Å². The summed E-state index contributed by atoms with van der Waals surface area (Å²) < 4.78 is 34.1. The van der Waals surface area contributed by atoms with E-state index in [2.05, 4.69) is 34.4 Å². The smallest absolute Gasteiger partial charge is 0.303 e. The Labute approximate surface area is 119 Å². The van der Waals surface area contributed by atoms with Gasteiger partial charge in [0.2, 0.25) is 0 Å². The fraction of sp³-hybridized carbons (Fsp3) is 0. The van der Waals surface area contributed by atoms with Gasteiger partial charge in [0.15, 0.2) is 0 Å². The van der Waals surface area contributed by atoms with E-state index in [0.29, 0.717) is 0 Å². The van der Waals surface area contributed by atoms with Crippen LogP contribution in [0.25, 0.3) is 0 Å². The Balaban J connectivity index is -0.000000206. The Morgan fingerprint density at radius 1 is 0.789 bits per heavy atom. The molecule has 0 unspecified atom stereocenters. The van der Waals surface area contributed by atoms with Gasteiger partial charge < -0.3 is 43.5 Å². The van der Waals surface area contributed by atoms with Gasteiger partial charge in [-0.1, -0.05) is 0 Å². The Morgan fingerprint density at radius 2 is 0.947 bits per heavy atom. The lowest BCUT2D eigenvalue weighted by atomic mass is 11.0. The maximum Gasteiger partial charge on any atom is 0.303 e. The average molecular weight is 334 g/mol. The van der Waals surface area contributed by atoms with Crippen LogP contribution in [0.4, 0.5) is 0 Å². The van der Waals surface area contributed by atoms with E-state index in [0.717, 1.165) is 0 Å². The summed E-state index contributed by atoms with van der Waals surface area (Å²) in [6, 6.07) is 0. The minimum atomic E-state index is -5.17. The van der Waals surface area contributed by atoms with Crippen molar-refractivity contribution in [2.45, 2.75) is 0 Å². The van der Waals surface area contributed by atoms with E-state index < -0.39 is 10.4 Å². The van der Waals surface area contributed by atoms with Crippen LogP contribution in [0.5, 0.6) is 0 Å². The highest BCUT2D eigenvalue weighted by atomic mass is 32.3. The molecule has 0 spiro atoms. The van der Waals surface area contributed by atoms with Gasteiger partial charge in [0.1, 0.15) is 0 Å². The molecule has 19 heavy (non-hydrogen) atoms. The summed E-state index contributed by atoms with van der Waals surface area (Å²) in [5, 5.41) is 0.167. The summed E-state index contributed by atoms with van der Waals surface area (Å²) in [4.78, 5) is 4.57. The summed E-state index contributed by atoms with van der Waals surface area (Å²) >= 11 is 8.72. The maximum atomic E-state index is 8.52. The standard InChI is InChI=1S/2C2H6N4S.H2O4S/c2*3-1(4)6-2(5)7;1-5(2,3)4/h2*(H6,3,4,5,6,7);(H2,1,2,3,4). The molecular weight excluding hydrogens is 320 g/mol. The first-order valence-corrected chi connectivity index (χ1v) is 5.96. The van der Waals surface area contributed by atoms with Crippen LogP contribution in [0.15, 0.2) is 0 Å². The summed E-state index contributed by atoms with van der Waals surface area (Å²) in [5.74, 6) is 0.0417. The fourth-order valence-electron chi connectivity index (χ4n) is 0.285. The molecule has 0 aromatic rings. The maximum absolute atomic E-state index is 8.52. The number of rotatable bonds is 0. The zero-order valence-corrected chi connectivity index (χ0v) is 11.8. The SMILES string of the molecule is NC(=S)[NH+]=C(N)N.NC(=S)[NH+]=C(N)N.O=S(=O)([O-])[O-]. The number of guanidine groups is 2. The molecule has 0 fully saturated rings. The monoisotopic (exact) mass is 334 g/mol. The van der Waals surface area contributed by atoms with Gasteiger partial charge >= 0.3 is 11.9 Å². The first-order chi connectivity index (χ1) is 8.25. The normalized spacial score (nSPS) is 8.53. The van der Waals surface area contributed by atoms with Gasteiger partial charge in [0.25, 0.3) is 10.2 Å². The van der Waals surface area contributed by atoms with E-state index >= 15 is 0 Å². The van der Waals surface area contributed by atoms with Gasteiger partial charge in [-0.2, -0.15) is 0 Å². The van der Waals surface area contributed by atoms with Gasteiger partial charge in [-0.25, -0.2) is 9.98 Å². The number of nitrogens with one attached hydrogen (secondary N) is 2. The second-order valence-corrected chi connectivity index (χ2v) is 3.99. The van der Waals surface area contributed by atoms with Crippen LogP contribution < -0.4 is 44.4 Å². The lowest BCUT2D eigenvalue weighted by Gasteiger charge is -2.06. The third-order valence-electron chi connectivity index (χ3n) is 0.535. The zero-order chi connectivity index (χ0) is 16.2. The van der Waals surface area contributed by atoms with Crippen molar-refractivity contribution in [3.05, 3.63) is 0 Å². The van der Waals surface area contributed by atoms with Crippen LogP contribution >= 0.6 is 24.4 Å². The van der Waals surface area contributed by atoms with Crippen molar-refractivity contribution < 1.29 is 27.5 Å². The van der Waals surface area contributed by atoms with E-state index in [4.69, 9.17) is 51.9 Å². The van der Waals surface area contributed by atoms with Gasteiger partial charge in [0.05, 0.1) is 0 Å². The number of hydrogen-bond donors (Lipinski definition) is 8. The highest BCUT2D eigenvalue weighted by molar-refractivity contribution is 7.80. The Kier molecular flexibility index (Phi) is 13.3. The Bertz CT molecular complexity index is 413. The van der Waals surface area contributed by atoms with Crippen LogP contribution in [0.3, 0.4) is 0 Å². The van der Waals surface area contributed by atoms with Crippen LogP contribution in [-0.4, -0.2) is 39.7 Å². The quantitative estimate of drug-likeness (QED) is 0.0674. The van der Waals surface area contributed by atoms with Crippen LogP contribution in [0.1, 0.15) is 0 Å². The molecule has 0 saturated carbocycles. The van der Waals surface area contributed by atoms with Crippen molar-refractivity contribution in [2.24, 2.45) is 34.4 Å². The predicted molar refractivity (Wildman–Crippen MR) is 72.7 cm³/mol. The average Bonchev–Trinajstić information content (AvgIpc) is 1.93. The molecular formula is C4H14N8O4S3. The van der Waals surface area contributed by atoms with Gasteiger partial charge in [-0.3, -0.25) is 8.42 Å². The first-order valence-electron chi connectivity index (χ1n) is 3.81. The molecule has 0 heterocycles. The number of nitrogens with two attached hydrogens (primary N) is 6. The van der Waals surface area contributed by atoms with E-state index in [1.165, 1.54) is 0 Å². The second-order valence-electron chi connectivity index (χ2n) is 2.30. The highest BCUT2D eigenvalue weighted by Gasteiger charge is 1.83. The van der Waals surface area contributed by atoms with Crippen molar-refractivity contribution in [1.29, 1.82) is 0 Å². The lowest BCUT2D eigenvalue weighted by Crippen LogP contribution is -2.83. The largest absolute Gasteiger partial charge is 0.759 e. The van der Waals surface area contributed by atoms with Crippen LogP contribution in [0.2, 0.25) is 0 Å². The third-order valence-corrected chi connectivity index (χ3v) is 0.739. The Hall–Kier alpha value is -1.81. The molecule has 15 heteroatoms. The summed E-state index contributed by atoms with van der Waals surface area (Å²) in [7, 11) is -5.17. The molecule has 0 saturated heterocycles. The van der Waals surface area contributed by atoms with E-state index in [1.54, 1.807) is 0 Å². The minimum Gasteiger partial charge on any atom is -0.759 e. The first kappa shape index (κ1) is 22.4. The third kappa shape index (κ3) is 85.1. The molecule has 0 amide bonds. The Morgan fingerprint density at radius 3 is 0.947 bits per heavy atom. The lowest BCUT2D eigenvalue weighted by molar-refractivity contribution is -0.316. The molecule has 0 atom stereocenters. The predicted octanol–water partition coefficient (Wildman–Crippen LogP) is -8.17. The molecule has 12 nitrogen and oxygen atoms in total. The topological polar surface area (TPSA) is 264 Å². The van der Waals surface area contributed by atoms with Gasteiger partial charge in [0, 0.05) is 10.4 Å². The van der Waals surface area contributed by atoms with Crippen molar-refractivity contribution in [1.82, 2.24) is 0 Å². The highest BCUT2D eigenvalue weighted by Crippen LogP contribution is 1.57. The minimum absolute atomic E-state index is 0.0208. The van der Waals surface area contributed by atoms with Crippen molar-refractivity contribution >= 4 is 57.0 Å². The van der Waals surface area contributed by atoms with Gasteiger partial charge in [-0.15, -0.1) is 0 Å². The molecule has 0 aliphatic carbocycles. The molecule has 0 radical (unpaired) electrons. The molecule has 0 aromatic heterocycles. The van der Waals surface area contributed by atoms with E-state index in [9.17, 15) is 0 Å². The second kappa shape index (κ2) is 11.3. The van der Waals surface area contributed by atoms with Crippen LogP contribution in [-0.2, 0) is 10.4 Å². The van der Waals surface area contributed by atoms with E-state index in [1.807, 2.05) is 0 Å². The molecule has 14 N–H and O–H groups in total. The van der Waals surface area contributed by atoms with Crippen LogP contribution in [0, 0.1) is 0 Å². The molecule has 112 valence electrons. The molecule has 0 rings (SSSR count). The van der Waals surface area contributed by atoms with Gasteiger partial charge in [-0.05, 0) is 24.4 Å². The zero-order valence-electron chi connectivity index (χ0n) is 9.32. The fourth-order valence-corrected chi connectivity index (χ4v) is 0.520. The number of thiocarbonyl (C=S) groups is 2. The molecule has 0 aliphatic rings. The summed E-state index contributed by atoms with van der Waals surface area (Å²) in [5.41, 5.74) is 29.5. The molecule has 0 bridgehead atoms.